The van der Waals surface area contributed by atoms with Crippen molar-refractivity contribution in [2.75, 3.05) is 7.11 Å². The molecule has 1 N–H and O–H groups in total. The van der Waals surface area contributed by atoms with E-state index in [0.29, 0.717) is 5.57 Å². The van der Waals surface area contributed by atoms with E-state index in [-0.39, 0.29) is 18.6 Å². The van der Waals surface area contributed by atoms with Gasteiger partial charge in [0.2, 0.25) is 0 Å². The number of hydrogen-bond acceptors (Lipinski definition) is 9. The molecule has 0 unspecified atom stereocenters. The van der Waals surface area contributed by atoms with Crippen LogP contribution < -0.4 is 0 Å². The number of ether oxygens (including phenoxy) is 4. The van der Waals surface area contributed by atoms with Gasteiger partial charge in [-0.1, -0.05) is 54.2 Å². The van der Waals surface area contributed by atoms with E-state index in [2.05, 4.69) is 6.58 Å². The van der Waals surface area contributed by atoms with E-state index in [9.17, 15) is 29.1 Å². The number of epoxide rings is 1. The molecule has 0 bridgehead atoms. The molecule has 10 nitrogen and oxygen atoms in total. The molecule has 220 valence electrons. The van der Waals surface area contributed by atoms with Crippen molar-refractivity contribution in [2.24, 2.45) is 39.9 Å². The molecule has 0 aromatic heterocycles. The molecule has 0 aromatic rings. The Labute approximate surface area is 234 Å². The highest BCUT2D eigenvalue weighted by Crippen LogP contribution is 2.74. The molecule has 10 heteroatoms. The molecule has 0 aromatic carbocycles. The second kappa shape index (κ2) is 9.53. The number of carboxylic acids is 1. The smallest absolute Gasteiger partial charge is 0.308 e. The number of aliphatic carboxylic acids is 1. The summed E-state index contributed by atoms with van der Waals surface area (Å²) in [5.41, 5.74) is -4.04. The van der Waals surface area contributed by atoms with Gasteiger partial charge in [-0.15, -0.1) is 0 Å². The molecular weight excluding hydrogens is 520 g/mol. The lowest BCUT2D eigenvalue weighted by Crippen LogP contribution is -2.67. The number of hydrogen-bond donors (Lipinski definition) is 1. The quantitative estimate of drug-likeness (QED) is 0.213. The summed E-state index contributed by atoms with van der Waals surface area (Å²) in [6, 6.07) is 0. The van der Waals surface area contributed by atoms with Crippen molar-refractivity contribution in [3.05, 3.63) is 24.3 Å². The Morgan fingerprint density at radius 1 is 1.15 bits per heavy atom. The van der Waals surface area contributed by atoms with Crippen LogP contribution in [0.3, 0.4) is 0 Å². The molecule has 2 saturated carbocycles. The summed E-state index contributed by atoms with van der Waals surface area (Å²) in [5, 5.41) is 10.3. The predicted molar refractivity (Wildman–Crippen MR) is 141 cm³/mol. The normalized spacial score (nSPS) is 41.1. The van der Waals surface area contributed by atoms with Crippen molar-refractivity contribution in [3.8, 4) is 0 Å². The minimum atomic E-state index is -1.31. The minimum absolute atomic E-state index is 0.116. The fourth-order valence-corrected chi connectivity index (χ4v) is 8.02. The fraction of sp³-hybridized carbons (Fsp3) is 0.700. The van der Waals surface area contributed by atoms with Gasteiger partial charge in [0.05, 0.1) is 36.9 Å². The average Bonchev–Trinajstić information content (AvgIpc) is 3.53. The Kier molecular flexibility index (Phi) is 7.14. The number of methoxy groups -OCH3 is 1. The number of allylic oxidation sites excluding steroid dienone is 2. The largest absolute Gasteiger partial charge is 0.481 e. The van der Waals surface area contributed by atoms with Crippen LogP contribution in [0.25, 0.3) is 0 Å². The van der Waals surface area contributed by atoms with Crippen LogP contribution in [0.4, 0.5) is 0 Å². The lowest BCUT2D eigenvalue weighted by atomic mass is 9.46. The zero-order valence-corrected chi connectivity index (χ0v) is 24.4. The molecule has 9 atom stereocenters. The molecule has 4 rings (SSSR count). The van der Waals surface area contributed by atoms with Gasteiger partial charge >= 0.3 is 23.9 Å². The van der Waals surface area contributed by atoms with Gasteiger partial charge in [-0.05, 0) is 24.0 Å². The van der Waals surface area contributed by atoms with E-state index in [1.807, 2.05) is 6.92 Å². The van der Waals surface area contributed by atoms with Crippen molar-refractivity contribution in [1.82, 2.24) is 0 Å². The van der Waals surface area contributed by atoms with Crippen LogP contribution in [0.2, 0.25) is 0 Å². The summed E-state index contributed by atoms with van der Waals surface area (Å²) in [7, 11) is 1.27. The number of carbonyl (C=O) groups excluding carboxylic acids is 4. The Morgan fingerprint density at radius 2 is 1.77 bits per heavy atom. The number of rotatable bonds is 7. The second-order valence-electron chi connectivity index (χ2n) is 13.0. The van der Waals surface area contributed by atoms with Gasteiger partial charge in [-0.25, -0.2) is 0 Å². The molecule has 1 heterocycles. The Balaban J connectivity index is 1.98. The van der Waals surface area contributed by atoms with Gasteiger partial charge in [-0.3, -0.25) is 24.0 Å². The fourth-order valence-electron chi connectivity index (χ4n) is 8.02. The molecule has 1 spiro atoms. The van der Waals surface area contributed by atoms with E-state index in [1.54, 1.807) is 40.7 Å². The van der Waals surface area contributed by atoms with E-state index < -0.39 is 87.7 Å². The van der Waals surface area contributed by atoms with E-state index in [4.69, 9.17) is 18.9 Å². The monoisotopic (exact) mass is 560 g/mol. The van der Waals surface area contributed by atoms with E-state index >= 15 is 0 Å². The van der Waals surface area contributed by atoms with Gasteiger partial charge in [-0.2, -0.15) is 0 Å². The van der Waals surface area contributed by atoms with Crippen LogP contribution in [-0.2, 0) is 42.9 Å². The molecular formula is C30H40O10. The third-order valence-corrected chi connectivity index (χ3v) is 10.2. The van der Waals surface area contributed by atoms with Crippen molar-refractivity contribution in [3.63, 3.8) is 0 Å². The lowest BCUT2D eigenvalue weighted by molar-refractivity contribution is -0.216. The summed E-state index contributed by atoms with van der Waals surface area (Å²) in [5.74, 6) is -5.96. The topological polar surface area (TPSA) is 146 Å². The maximum absolute atomic E-state index is 13.1. The molecule has 40 heavy (non-hydrogen) atoms. The molecule has 0 amide bonds. The van der Waals surface area contributed by atoms with E-state index in [1.165, 1.54) is 20.1 Å². The molecule has 3 fully saturated rings. The van der Waals surface area contributed by atoms with Crippen LogP contribution in [0.5, 0.6) is 0 Å². The first-order chi connectivity index (χ1) is 18.4. The van der Waals surface area contributed by atoms with Crippen molar-refractivity contribution < 1.29 is 48.0 Å². The van der Waals surface area contributed by atoms with Crippen molar-refractivity contribution in [1.29, 1.82) is 0 Å². The molecule has 1 saturated heterocycles. The van der Waals surface area contributed by atoms with E-state index in [0.717, 1.165) is 0 Å². The van der Waals surface area contributed by atoms with Crippen LogP contribution in [0, 0.1) is 39.9 Å². The van der Waals surface area contributed by atoms with Gasteiger partial charge in [0, 0.05) is 23.7 Å². The van der Waals surface area contributed by atoms with Crippen LogP contribution >= 0.6 is 0 Å². The standard InChI is InChI=1S/C30H40O10/c1-14(2)26(36)39-24-23(38-16(4)31)22(15(3)30-20(40-30)12-17(25(34)35)29(24,30)8)28(7)11-10-19(32)27(5,6)18(28)13-21(33)37-9/h10-11,14,17-18,20,22-24H,3,12-13H2,1-2,4-9H3,(H,34,35)/t17-,18-,20+,22+,23+,24-,28-,29+,30+/m0/s1. The first-order valence-corrected chi connectivity index (χ1v) is 13.7. The van der Waals surface area contributed by atoms with Crippen molar-refractivity contribution in [2.45, 2.75) is 85.2 Å². The second-order valence-corrected chi connectivity index (χ2v) is 13.0. The van der Waals surface area contributed by atoms with Gasteiger partial charge < -0.3 is 24.1 Å². The Bertz CT molecular complexity index is 1200. The first kappa shape index (κ1) is 30.0. The Hall–Kier alpha value is -3.01. The van der Waals surface area contributed by atoms with Crippen molar-refractivity contribution >= 4 is 29.7 Å². The maximum Gasteiger partial charge on any atom is 0.308 e. The third kappa shape index (κ3) is 3.96. The van der Waals surface area contributed by atoms with Gasteiger partial charge in [0.15, 0.2) is 5.78 Å². The molecule has 0 radical (unpaired) electrons. The zero-order chi connectivity index (χ0) is 30.2. The predicted octanol–water partition coefficient (Wildman–Crippen LogP) is 3.27. The van der Waals surface area contributed by atoms with Crippen LogP contribution in [0.1, 0.15) is 61.3 Å². The number of carboxylic acid groups (broad SMARTS) is 1. The number of ketones is 1. The zero-order valence-electron chi connectivity index (χ0n) is 24.4. The highest BCUT2D eigenvalue weighted by Gasteiger charge is 2.85. The summed E-state index contributed by atoms with van der Waals surface area (Å²) in [4.78, 5) is 64.1. The van der Waals surface area contributed by atoms with Crippen LogP contribution in [0.15, 0.2) is 24.3 Å². The third-order valence-electron chi connectivity index (χ3n) is 10.2. The summed E-state index contributed by atoms with van der Waals surface area (Å²) < 4.78 is 23.3. The summed E-state index contributed by atoms with van der Waals surface area (Å²) in [6.45, 7) is 16.0. The minimum Gasteiger partial charge on any atom is -0.481 e. The molecule has 3 aliphatic carbocycles. The molecule has 4 aliphatic rings. The number of esters is 3. The average molecular weight is 561 g/mol. The van der Waals surface area contributed by atoms with Crippen LogP contribution in [-0.4, -0.2) is 65.8 Å². The van der Waals surface area contributed by atoms with Gasteiger partial charge in [0.25, 0.3) is 0 Å². The SMILES string of the molecule is C=C1[C@@H]([C@@]2(C)C=CC(=O)C(C)(C)[C@@H]2CC(=O)OC)[C@@H](OC(C)=O)[C@H](OC(=O)C(C)C)[C@@]2(C)[C@H](C(=O)O)C[C@H]3O[C@]132. The summed E-state index contributed by atoms with van der Waals surface area (Å²) in [6.07, 6.45) is 0.357. The highest BCUT2D eigenvalue weighted by atomic mass is 16.6. The Morgan fingerprint density at radius 3 is 2.30 bits per heavy atom. The maximum atomic E-state index is 13.1. The van der Waals surface area contributed by atoms with Gasteiger partial charge in [0.1, 0.15) is 17.8 Å². The summed E-state index contributed by atoms with van der Waals surface area (Å²) >= 11 is 0. The highest BCUT2D eigenvalue weighted by molar-refractivity contribution is 5.96. The first-order valence-electron chi connectivity index (χ1n) is 13.7. The molecule has 1 aliphatic heterocycles. The lowest BCUT2D eigenvalue weighted by Gasteiger charge is -2.59. The number of carbonyl (C=O) groups is 5.